The molecule has 4 nitrogen and oxygen atoms in total. The Morgan fingerprint density at radius 3 is 2.82 bits per heavy atom. The van der Waals surface area contributed by atoms with E-state index < -0.39 is 12.1 Å². The summed E-state index contributed by atoms with van der Waals surface area (Å²) in [7, 11) is 0. The van der Waals surface area contributed by atoms with Gasteiger partial charge in [-0.15, -0.1) is 0 Å². The molecule has 0 amide bonds. The summed E-state index contributed by atoms with van der Waals surface area (Å²) in [5, 5.41) is 9.79. The first kappa shape index (κ1) is 14.0. The van der Waals surface area contributed by atoms with E-state index in [-0.39, 0.29) is 6.61 Å². The van der Waals surface area contributed by atoms with Gasteiger partial charge in [-0.3, -0.25) is 0 Å². The molecule has 1 unspecified atom stereocenters. The lowest BCUT2D eigenvalue weighted by Gasteiger charge is -2.12. The Morgan fingerprint density at radius 1 is 1.47 bits per heavy atom. The molecule has 0 saturated carbocycles. The monoisotopic (exact) mass is 302 g/mol. The average molecular weight is 303 g/mol. The molecular formula is C12H15BrO4. The summed E-state index contributed by atoms with van der Waals surface area (Å²) in [5.74, 6) is 0.00221. The van der Waals surface area contributed by atoms with Gasteiger partial charge in [0.15, 0.2) is 0 Å². The lowest BCUT2D eigenvalue weighted by molar-refractivity contribution is 0.0517. The first-order valence-corrected chi connectivity index (χ1v) is 6.44. The summed E-state index contributed by atoms with van der Waals surface area (Å²) >= 11 is 3.14. The molecule has 0 saturated heterocycles. The van der Waals surface area contributed by atoms with Crippen molar-refractivity contribution in [1.82, 2.24) is 0 Å². The molecule has 1 rings (SSSR count). The van der Waals surface area contributed by atoms with Gasteiger partial charge in [-0.2, -0.15) is 0 Å². The molecule has 0 aromatic heterocycles. The molecule has 1 N–H and O–H groups in total. The molecule has 94 valence electrons. The van der Waals surface area contributed by atoms with Gasteiger partial charge < -0.3 is 14.6 Å². The Kier molecular flexibility index (Phi) is 6.00. The van der Waals surface area contributed by atoms with E-state index in [2.05, 4.69) is 15.9 Å². The summed E-state index contributed by atoms with van der Waals surface area (Å²) in [5.41, 5.74) is 0.371. The first-order chi connectivity index (χ1) is 8.19. The van der Waals surface area contributed by atoms with Crippen molar-refractivity contribution in [3.8, 4) is 5.75 Å². The van der Waals surface area contributed by atoms with E-state index in [4.69, 9.17) is 9.47 Å². The van der Waals surface area contributed by atoms with Crippen LogP contribution in [0.5, 0.6) is 5.75 Å². The molecule has 1 atom stereocenters. The zero-order valence-corrected chi connectivity index (χ0v) is 11.1. The third kappa shape index (κ3) is 4.36. The molecule has 5 heteroatoms. The van der Waals surface area contributed by atoms with Crippen molar-refractivity contribution < 1.29 is 19.4 Å². The number of aliphatic hydroxyl groups excluding tert-OH is 1. The summed E-state index contributed by atoms with van der Waals surface area (Å²) in [6, 6.07) is 6.81. The summed E-state index contributed by atoms with van der Waals surface area (Å²) < 4.78 is 10.3. The Balaban J connectivity index is 2.74. The van der Waals surface area contributed by atoms with Crippen LogP contribution in [-0.2, 0) is 4.74 Å². The minimum Gasteiger partial charge on any atom is -0.490 e. The maximum absolute atomic E-state index is 11.6. The number of benzene rings is 1. The van der Waals surface area contributed by atoms with E-state index >= 15 is 0 Å². The highest BCUT2D eigenvalue weighted by Crippen LogP contribution is 2.19. The van der Waals surface area contributed by atoms with Crippen molar-refractivity contribution in [2.75, 3.05) is 18.5 Å². The average Bonchev–Trinajstić information content (AvgIpc) is 2.36. The zero-order valence-electron chi connectivity index (χ0n) is 9.56. The van der Waals surface area contributed by atoms with Crippen LogP contribution in [0.4, 0.5) is 0 Å². The number of aliphatic hydroxyl groups is 1. The predicted octanol–water partition coefficient (Wildman–Crippen LogP) is 2.00. The number of para-hydroxylation sites is 1. The van der Waals surface area contributed by atoms with Crippen molar-refractivity contribution >= 4 is 21.9 Å². The van der Waals surface area contributed by atoms with Crippen molar-refractivity contribution in [2.45, 2.75) is 13.0 Å². The van der Waals surface area contributed by atoms with Gasteiger partial charge in [0.2, 0.25) is 0 Å². The van der Waals surface area contributed by atoms with Crippen LogP contribution in [0.25, 0.3) is 0 Å². The normalized spacial score (nSPS) is 11.9. The number of alkyl halides is 1. The molecule has 0 radical (unpaired) electrons. The number of ether oxygens (including phenoxy) is 2. The number of carbonyl (C=O) groups is 1. The van der Waals surface area contributed by atoms with E-state index in [9.17, 15) is 9.90 Å². The lowest BCUT2D eigenvalue weighted by atomic mass is 10.2. The standard InChI is InChI=1S/C12H15BrO4/c1-2-16-12(15)10-5-3-4-6-11(10)17-8-9(14)7-13/h3-6,9,14H,2,7-8H2,1H3. The van der Waals surface area contributed by atoms with E-state index in [1.54, 1.807) is 31.2 Å². The van der Waals surface area contributed by atoms with Crippen molar-refractivity contribution in [3.63, 3.8) is 0 Å². The fourth-order valence-corrected chi connectivity index (χ4v) is 1.39. The van der Waals surface area contributed by atoms with E-state index in [1.165, 1.54) is 0 Å². The second kappa shape index (κ2) is 7.29. The number of esters is 1. The molecule has 0 aliphatic rings. The quantitative estimate of drug-likeness (QED) is 0.645. The van der Waals surface area contributed by atoms with Crippen molar-refractivity contribution in [2.24, 2.45) is 0 Å². The Hall–Kier alpha value is -1.07. The lowest BCUT2D eigenvalue weighted by Crippen LogP contribution is -2.19. The summed E-state index contributed by atoms with van der Waals surface area (Å²) in [4.78, 5) is 11.6. The van der Waals surface area contributed by atoms with Gasteiger partial charge >= 0.3 is 5.97 Å². The minimum absolute atomic E-state index is 0.127. The second-order valence-corrected chi connectivity index (χ2v) is 3.98. The SMILES string of the molecule is CCOC(=O)c1ccccc1OCC(O)CBr. The summed E-state index contributed by atoms with van der Waals surface area (Å²) in [6.07, 6.45) is -0.606. The molecule has 0 fully saturated rings. The maximum Gasteiger partial charge on any atom is 0.341 e. The van der Waals surface area contributed by atoms with Crippen LogP contribution in [-0.4, -0.2) is 35.7 Å². The van der Waals surface area contributed by atoms with Gasteiger partial charge in [0.05, 0.1) is 12.7 Å². The Bertz CT molecular complexity index is 367. The number of rotatable bonds is 6. The van der Waals surface area contributed by atoms with Gasteiger partial charge in [-0.05, 0) is 19.1 Å². The molecule has 0 aliphatic carbocycles. The van der Waals surface area contributed by atoms with Gasteiger partial charge in [0.25, 0.3) is 0 Å². The molecule has 0 bridgehead atoms. The fraction of sp³-hybridized carbons (Fsp3) is 0.417. The van der Waals surface area contributed by atoms with E-state index in [0.29, 0.717) is 23.2 Å². The third-order valence-corrected chi connectivity index (χ3v) is 2.74. The molecule has 0 heterocycles. The maximum atomic E-state index is 11.6. The van der Waals surface area contributed by atoms with Crippen molar-refractivity contribution in [1.29, 1.82) is 0 Å². The van der Waals surface area contributed by atoms with E-state index in [1.807, 2.05) is 0 Å². The number of hydrogen-bond acceptors (Lipinski definition) is 4. The number of hydrogen-bond donors (Lipinski definition) is 1. The van der Waals surface area contributed by atoms with Crippen LogP contribution in [0.3, 0.4) is 0 Å². The van der Waals surface area contributed by atoms with Crippen molar-refractivity contribution in [3.05, 3.63) is 29.8 Å². The first-order valence-electron chi connectivity index (χ1n) is 5.32. The van der Waals surface area contributed by atoms with Gasteiger partial charge in [0, 0.05) is 5.33 Å². The number of carbonyl (C=O) groups excluding carboxylic acids is 1. The van der Waals surface area contributed by atoms with Crippen LogP contribution in [0.2, 0.25) is 0 Å². The Morgan fingerprint density at radius 2 is 2.18 bits per heavy atom. The van der Waals surface area contributed by atoms with E-state index in [0.717, 1.165) is 0 Å². The van der Waals surface area contributed by atoms with Gasteiger partial charge in [-0.25, -0.2) is 4.79 Å². The van der Waals surface area contributed by atoms with Gasteiger partial charge in [0.1, 0.15) is 17.9 Å². The molecule has 1 aromatic carbocycles. The van der Waals surface area contributed by atoms with Crippen LogP contribution >= 0.6 is 15.9 Å². The van der Waals surface area contributed by atoms with Gasteiger partial charge in [-0.1, -0.05) is 28.1 Å². The van der Waals surface area contributed by atoms with Crippen LogP contribution in [0, 0.1) is 0 Å². The minimum atomic E-state index is -0.606. The molecule has 1 aromatic rings. The van der Waals surface area contributed by atoms with Crippen LogP contribution in [0.15, 0.2) is 24.3 Å². The molecule has 0 spiro atoms. The molecular weight excluding hydrogens is 288 g/mol. The largest absolute Gasteiger partial charge is 0.490 e. The molecule has 0 aliphatic heterocycles. The topological polar surface area (TPSA) is 55.8 Å². The number of halogens is 1. The Labute approximate surface area is 109 Å². The highest BCUT2D eigenvalue weighted by molar-refractivity contribution is 9.09. The van der Waals surface area contributed by atoms with Crippen LogP contribution < -0.4 is 4.74 Å². The highest BCUT2D eigenvalue weighted by Gasteiger charge is 2.13. The fourth-order valence-electron chi connectivity index (χ4n) is 1.20. The highest BCUT2D eigenvalue weighted by atomic mass is 79.9. The summed E-state index contributed by atoms with van der Waals surface area (Å²) in [6.45, 7) is 2.19. The third-order valence-electron chi connectivity index (χ3n) is 1.99. The predicted molar refractivity (Wildman–Crippen MR) is 67.7 cm³/mol. The smallest absolute Gasteiger partial charge is 0.341 e. The second-order valence-electron chi connectivity index (χ2n) is 3.34. The van der Waals surface area contributed by atoms with Crippen LogP contribution in [0.1, 0.15) is 17.3 Å². The zero-order chi connectivity index (χ0) is 12.7. The molecule has 17 heavy (non-hydrogen) atoms.